The molecule has 138 valence electrons. The largest absolute Gasteiger partial charge is 0.367 e. The molecule has 1 aliphatic rings. The van der Waals surface area contributed by atoms with E-state index in [-0.39, 0.29) is 5.91 Å². The first-order valence-corrected chi connectivity index (χ1v) is 9.51. The first kappa shape index (κ1) is 18.4. The number of anilines is 1. The zero-order chi connectivity index (χ0) is 18.2. The van der Waals surface area contributed by atoms with Crippen LogP contribution in [0.4, 0.5) is 5.82 Å². The van der Waals surface area contributed by atoms with Crippen LogP contribution in [0.2, 0.25) is 0 Å². The SMILES string of the molecule is CCNC(=O)c1ccc(NC2CCN(CCc3ccccc3)CC2)nc1. The molecule has 0 unspecified atom stereocenters. The zero-order valence-corrected chi connectivity index (χ0v) is 15.4. The van der Waals surface area contributed by atoms with Crippen LogP contribution >= 0.6 is 0 Å². The van der Waals surface area contributed by atoms with Crippen LogP contribution in [0.25, 0.3) is 0 Å². The Morgan fingerprint density at radius 1 is 1.15 bits per heavy atom. The molecular formula is C21H28N4O. The molecule has 0 spiro atoms. The molecule has 2 heterocycles. The van der Waals surface area contributed by atoms with E-state index in [1.165, 1.54) is 5.56 Å². The van der Waals surface area contributed by atoms with Crippen molar-refractivity contribution in [3.63, 3.8) is 0 Å². The van der Waals surface area contributed by atoms with Gasteiger partial charge in [-0.05, 0) is 43.9 Å². The molecule has 26 heavy (non-hydrogen) atoms. The van der Waals surface area contributed by atoms with Crippen molar-refractivity contribution in [2.45, 2.75) is 32.2 Å². The van der Waals surface area contributed by atoms with Crippen LogP contribution in [-0.4, -0.2) is 48.0 Å². The van der Waals surface area contributed by atoms with Gasteiger partial charge >= 0.3 is 0 Å². The van der Waals surface area contributed by atoms with Gasteiger partial charge in [-0.2, -0.15) is 0 Å². The first-order valence-electron chi connectivity index (χ1n) is 9.51. The Balaban J connectivity index is 1.41. The Labute approximate surface area is 155 Å². The standard InChI is InChI=1S/C21H28N4O/c1-2-22-21(26)18-8-9-20(23-16-18)24-19-11-14-25(15-12-19)13-10-17-6-4-3-5-7-17/h3-9,16,19H,2,10-15H2,1H3,(H,22,26)(H,23,24). The molecule has 0 saturated carbocycles. The number of likely N-dealkylation sites (tertiary alicyclic amines) is 1. The van der Waals surface area contributed by atoms with Gasteiger partial charge in [-0.15, -0.1) is 0 Å². The van der Waals surface area contributed by atoms with Gasteiger partial charge in [0.15, 0.2) is 0 Å². The summed E-state index contributed by atoms with van der Waals surface area (Å²) in [6.45, 7) is 5.88. The van der Waals surface area contributed by atoms with Crippen LogP contribution in [0.15, 0.2) is 48.7 Å². The summed E-state index contributed by atoms with van der Waals surface area (Å²) in [5.41, 5.74) is 2.01. The maximum absolute atomic E-state index is 11.8. The number of piperidine rings is 1. The number of amides is 1. The van der Waals surface area contributed by atoms with Gasteiger partial charge in [-0.1, -0.05) is 30.3 Å². The molecular weight excluding hydrogens is 324 g/mol. The lowest BCUT2D eigenvalue weighted by Crippen LogP contribution is -2.40. The molecule has 5 heteroatoms. The van der Waals surface area contributed by atoms with Crippen molar-refractivity contribution < 1.29 is 4.79 Å². The lowest BCUT2D eigenvalue weighted by molar-refractivity contribution is 0.0955. The van der Waals surface area contributed by atoms with E-state index in [1.54, 1.807) is 6.20 Å². The van der Waals surface area contributed by atoms with Crippen LogP contribution in [-0.2, 0) is 6.42 Å². The number of rotatable bonds is 7. The second-order valence-corrected chi connectivity index (χ2v) is 6.79. The number of pyridine rings is 1. The summed E-state index contributed by atoms with van der Waals surface area (Å²) in [5.74, 6) is 0.777. The predicted molar refractivity (Wildman–Crippen MR) is 105 cm³/mol. The van der Waals surface area contributed by atoms with Gasteiger partial charge in [0.1, 0.15) is 5.82 Å². The van der Waals surface area contributed by atoms with Gasteiger partial charge in [0.05, 0.1) is 5.56 Å². The number of hydrogen-bond donors (Lipinski definition) is 2. The average molecular weight is 352 g/mol. The zero-order valence-electron chi connectivity index (χ0n) is 15.4. The molecule has 2 aromatic rings. The maximum atomic E-state index is 11.8. The minimum atomic E-state index is -0.0710. The van der Waals surface area contributed by atoms with Crippen molar-refractivity contribution in [2.24, 2.45) is 0 Å². The molecule has 1 fully saturated rings. The summed E-state index contributed by atoms with van der Waals surface area (Å²) in [5, 5.41) is 6.29. The summed E-state index contributed by atoms with van der Waals surface area (Å²) in [6, 6.07) is 14.9. The monoisotopic (exact) mass is 352 g/mol. The predicted octanol–water partition coefficient (Wildman–Crippen LogP) is 2.95. The van der Waals surface area contributed by atoms with E-state index in [2.05, 4.69) is 50.8 Å². The molecule has 0 bridgehead atoms. The Morgan fingerprint density at radius 3 is 2.58 bits per heavy atom. The molecule has 3 rings (SSSR count). The van der Waals surface area contributed by atoms with E-state index in [4.69, 9.17) is 0 Å². The highest BCUT2D eigenvalue weighted by molar-refractivity contribution is 5.93. The van der Waals surface area contributed by atoms with E-state index < -0.39 is 0 Å². The smallest absolute Gasteiger partial charge is 0.252 e. The number of carbonyl (C=O) groups excluding carboxylic acids is 1. The van der Waals surface area contributed by atoms with E-state index in [0.29, 0.717) is 18.2 Å². The molecule has 5 nitrogen and oxygen atoms in total. The maximum Gasteiger partial charge on any atom is 0.252 e. The van der Waals surface area contributed by atoms with Crippen LogP contribution in [0, 0.1) is 0 Å². The quantitative estimate of drug-likeness (QED) is 0.804. The third kappa shape index (κ3) is 5.30. The van der Waals surface area contributed by atoms with Crippen LogP contribution in [0.3, 0.4) is 0 Å². The highest BCUT2D eigenvalue weighted by Gasteiger charge is 2.19. The van der Waals surface area contributed by atoms with Crippen LogP contribution in [0.1, 0.15) is 35.7 Å². The molecule has 0 radical (unpaired) electrons. The molecule has 1 aliphatic heterocycles. The van der Waals surface area contributed by atoms with E-state index in [0.717, 1.165) is 44.7 Å². The minimum absolute atomic E-state index is 0.0710. The summed E-state index contributed by atoms with van der Waals surface area (Å²) >= 11 is 0. The molecule has 2 N–H and O–H groups in total. The molecule has 1 saturated heterocycles. The summed E-state index contributed by atoms with van der Waals surface area (Å²) in [6.07, 6.45) is 4.99. The van der Waals surface area contributed by atoms with Gasteiger partial charge < -0.3 is 15.5 Å². The minimum Gasteiger partial charge on any atom is -0.367 e. The number of aromatic nitrogens is 1. The van der Waals surface area contributed by atoms with Gasteiger partial charge in [-0.3, -0.25) is 4.79 Å². The molecule has 0 atom stereocenters. The topological polar surface area (TPSA) is 57.3 Å². The molecule has 1 aromatic carbocycles. The van der Waals surface area contributed by atoms with E-state index in [1.807, 2.05) is 19.1 Å². The fourth-order valence-electron chi connectivity index (χ4n) is 3.32. The van der Waals surface area contributed by atoms with E-state index >= 15 is 0 Å². The second-order valence-electron chi connectivity index (χ2n) is 6.79. The van der Waals surface area contributed by atoms with Crippen LogP contribution in [0.5, 0.6) is 0 Å². The number of benzene rings is 1. The third-order valence-corrected chi connectivity index (χ3v) is 4.86. The van der Waals surface area contributed by atoms with Crippen molar-refractivity contribution in [2.75, 3.05) is 31.5 Å². The van der Waals surface area contributed by atoms with Crippen molar-refractivity contribution in [3.05, 3.63) is 59.8 Å². The Kier molecular flexibility index (Phi) is 6.61. The summed E-state index contributed by atoms with van der Waals surface area (Å²) < 4.78 is 0. The fraction of sp³-hybridized carbons (Fsp3) is 0.429. The molecule has 0 aliphatic carbocycles. The number of hydrogen-bond acceptors (Lipinski definition) is 4. The summed E-state index contributed by atoms with van der Waals surface area (Å²) in [7, 11) is 0. The third-order valence-electron chi connectivity index (χ3n) is 4.86. The lowest BCUT2D eigenvalue weighted by Gasteiger charge is -2.32. The van der Waals surface area contributed by atoms with Crippen LogP contribution < -0.4 is 10.6 Å². The Morgan fingerprint density at radius 2 is 1.92 bits per heavy atom. The Bertz CT molecular complexity index is 679. The van der Waals surface area contributed by atoms with Crippen molar-refractivity contribution in [1.29, 1.82) is 0 Å². The normalized spacial score (nSPS) is 15.6. The number of nitrogens with one attached hydrogen (secondary N) is 2. The lowest BCUT2D eigenvalue weighted by atomic mass is 10.0. The highest BCUT2D eigenvalue weighted by Crippen LogP contribution is 2.16. The fourth-order valence-corrected chi connectivity index (χ4v) is 3.32. The van der Waals surface area contributed by atoms with Crippen molar-refractivity contribution in [1.82, 2.24) is 15.2 Å². The second kappa shape index (κ2) is 9.34. The summed E-state index contributed by atoms with van der Waals surface area (Å²) in [4.78, 5) is 18.7. The van der Waals surface area contributed by atoms with Gasteiger partial charge in [-0.25, -0.2) is 4.98 Å². The molecule has 1 aromatic heterocycles. The van der Waals surface area contributed by atoms with Crippen molar-refractivity contribution in [3.8, 4) is 0 Å². The van der Waals surface area contributed by atoms with E-state index in [9.17, 15) is 4.79 Å². The number of nitrogens with zero attached hydrogens (tertiary/aromatic N) is 2. The highest BCUT2D eigenvalue weighted by atomic mass is 16.1. The average Bonchev–Trinajstić information content (AvgIpc) is 2.69. The molecule has 1 amide bonds. The van der Waals surface area contributed by atoms with Crippen molar-refractivity contribution >= 4 is 11.7 Å². The van der Waals surface area contributed by atoms with Gasteiger partial charge in [0.2, 0.25) is 0 Å². The first-order chi connectivity index (χ1) is 12.7. The van der Waals surface area contributed by atoms with Gasteiger partial charge in [0, 0.05) is 38.4 Å². The van der Waals surface area contributed by atoms with Gasteiger partial charge in [0.25, 0.3) is 5.91 Å². The number of carbonyl (C=O) groups is 1. The Hall–Kier alpha value is -2.40.